The van der Waals surface area contributed by atoms with Gasteiger partial charge >= 0.3 is 0 Å². The van der Waals surface area contributed by atoms with Crippen LogP contribution in [0.4, 0.5) is 11.4 Å². The van der Waals surface area contributed by atoms with Gasteiger partial charge in [-0.1, -0.05) is 69.5 Å². The molecule has 8 heteroatoms. The van der Waals surface area contributed by atoms with Gasteiger partial charge in [-0.05, 0) is 62.4 Å². The maximum atomic E-state index is 13.5. The van der Waals surface area contributed by atoms with E-state index in [4.69, 9.17) is 18.9 Å². The molecule has 0 aliphatic heterocycles. The minimum Gasteiger partial charge on any atom is -0.497 e. The SMILES string of the molecule is C=C/C=C\C(=C/C)C(=C)O/C(=C(\C)C(=O)Nc1cc(OC)ccc1OC)c1ccc(NC(=O)COc2ccccc2)cc1.CC. The molecule has 0 saturated heterocycles. The molecule has 3 aromatic carbocycles. The fourth-order valence-corrected chi connectivity index (χ4v) is 3.85. The predicted octanol–water partition coefficient (Wildman–Crippen LogP) is 8.34. The fourth-order valence-electron chi connectivity index (χ4n) is 3.85. The number of para-hydroxylation sites is 1. The Balaban J connectivity index is 0.00000345. The number of carbonyl (C=O) groups excluding carboxylic acids is 2. The van der Waals surface area contributed by atoms with E-state index >= 15 is 0 Å². The average Bonchev–Trinajstić information content (AvgIpc) is 3.08. The van der Waals surface area contributed by atoms with Crippen LogP contribution in [0.15, 0.2) is 127 Å². The van der Waals surface area contributed by atoms with E-state index in [2.05, 4.69) is 23.8 Å². The third kappa shape index (κ3) is 10.9. The van der Waals surface area contributed by atoms with E-state index in [1.165, 1.54) is 14.2 Å². The average molecular weight is 611 g/mol. The molecule has 0 unspecified atom stereocenters. The molecule has 45 heavy (non-hydrogen) atoms. The van der Waals surface area contributed by atoms with Crippen LogP contribution in [-0.2, 0) is 14.3 Å². The van der Waals surface area contributed by atoms with Gasteiger partial charge in [-0.25, -0.2) is 0 Å². The van der Waals surface area contributed by atoms with Crippen LogP contribution in [0.25, 0.3) is 5.76 Å². The second-order valence-corrected chi connectivity index (χ2v) is 9.07. The van der Waals surface area contributed by atoms with Crippen molar-refractivity contribution in [1.29, 1.82) is 0 Å². The maximum Gasteiger partial charge on any atom is 0.262 e. The van der Waals surface area contributed by atoms with Crippen LogP contribution in [0.5, 0.6) is 17.2 Å². The highest BCUT2D eigenvalue weighted by Gasteiger charge is 2.19. The van der Waals surface area contributed by atoms with Crippen LogP contribution in [0.2, 0.25) is 0 Å². The molecule has 3 rings (SSSR count). The van der Waals surface area contributed by atoms with Crippen molar-refractivity contribution >= 4 is 28.9 Å². The van der Waals surface area contributed by atoms with Crippen molar-refractivity contribution in [3.05, 3.63) is 133 Å². The Morgan fingerprint density at radius 3 is 2.18 bits per heavy atom. The minimum atomic E-state index is -0.423. The van der Waals surface area contributed by atoms with Crippen LogP contribution in [-0.4, -0.2) is 32.6 Å². The topological polar surface area (TPSA) is 95.1 Å². The lowest BCUT2D eigenvalue weighted by Crippen LogP contribution is -2.20. The van der Waals surface area contributed by atoms with E-state index in [-0.39, 0.29) is 23.8 Å². The Bertz CT molecular complexity index is 1540. The van der Waals surface area contributed by atoms with Crippen molar-refractivity contribution in [2.24, 2.45) is 0 Å². The van der Waals surface area contributed by atoms with Crippen molar-refractivity contribution in [3.63, 3.8) is 0 Å². The van der Waals surface area contributed by atoms with Crippen molar-refractivity contribution in [1.82, 2.24) is 0 Å². The number of rotatable bonds is 14. The van der Waals surface area contributed by atoms with Gasteiger partial charge < -0.3 is 29.6 Å². The lowest BCUT2D eigenvalue weighted by Gasteiger charge is -2.18. The van der Waals surface area contributed by atoms with Crippen molar-refractivity contribution in [2.75, 3.05) is 31.5 Å². The molecule has 0 radical (unpaired) electrons. The zero-order valence-electron chi connectivity index (χ0n) is 26.8. The number of allylic oxidation sites excluding steroid dienone is 4. The van der Waals surface area contributed by atoms with Gasteiger partial charge in [0.15, 0.2) is 6.61 Å². The Morgan fingerprint density at radius 1 is 0.889 bits per heavy atom. The number of carbonyl (C=O) groups is 2. The first kappa shape index (κ1) is 35.7. The summed E-state index contributed by atoms with van der Waals surface area (Å²) >= 11 is 0. The Labute approximate surface area is 266 Å². The molecule has 0 heterocycles. The summed E-state index contributed by atoms with van der Waals surface area (Å²) in [5.41, 5.74) is 2.57. The standard InChI is InChI=1S/C35H36N2O6.C2H6/c1-7-9-13-26(8-2)25(4)43-34(24(3)35(39)37-31-22-30(40-5)20-21-32(31)41-6)27-16-18-28(19-17-27)36-33(38)23-42-29-14-11-10-12-15-29;1-2/h7-22H,1,4,23H2,2-3,5-6H3,(H,36,38)(H,37,39);1-2H3/b13-9-,26-8+,34-24+;. The summed E-state index contributed by atoms with van der Waals surface area (Å²) in [6.45, 7) is 15.1. The van der Waals surface area contributed by atoms with Crippen LogP contribution < -0.4 is 24.8 Å². The van der Waals surface area contributed by atoms with Gasteiger partial charge in [-0.3, -0.25) is 9.59 Å². The van der Waals surface area contributed by atoms with Gasteiger partial charge in [-0.15, -0.1) is 0 Å². The number of methoxy groups -OCH3 is 2. The van der Waals surface area contributed by atoms with Gasteiger partial charge in [0.1, 0.15) is 28.8 Å². The highest BCUT2D eigenvalue weighted by molar-refractivity contribution is 6.08. The lowest BCUT2D eigenvalue weighted by molar-refractivity contribution is -0.118. The Kier molecular flexibility index (Phi) is 15.0. The van der Waals surface area contributed by atoms with Crippen LogP contribution in [0.3, 0.4) is 0 Å². The van der Waals surface area contributed by atoms with E-state index in [1.807, 2.05) is 45.0 Å². The maximum absolute atomic E-state index is 13.5. The summed E-state index contributed by atoms with van der Waals surface area (Å²) in [7, 11) is 3.06. The predicted molar refractivity (Wildman–Crippen MR) is 182 cm³/mol. The van der Waals surface area contributed by atoms with Crippen molar-refractivity contribution in [3.8, 4) is 17.2 Å². The molecule has 236 valence electrons. The summed E-state index contributed by atoms with van der Waals surface area (Å²) in [4.78, 5) is 25.9. The first-order valence-electron chi connectivity index (χ1n) is 14.4. The summed E-state index contributed by atoms with van der Waals surface area (Å²) in [6.07, 6.45) is 7.05. The second kappa shape index (κ2) is 18.9. The van der Waals surface area contributed by atoms with Gasteiger partial charge in [0.05, 0.1) is 25.5 Å². The zero-order valence-corrected chi connectivity index (χ0v) is 26.8. The van der Waals surface area contributed by atoms with Gasteiger partial charge in [0, 0.05) is 22.9 Å². The van der Waals surface area contributed by atoms with E-state index in [1.54, 1.807) is 79.7 Å². The van der Waals surface area contributed by atoms with Gasteiger partial charge in [0.25, 0.3) is 11.8 Å². The number of anilines is 2. The summed E-state index contributed by atoms with van der Waals surface area (Å²) < 4.78 is 22.4. The number of hydrogen-bond acceptors (Lipinski definition) is 6. The Morgan fingerprint density at radius 2 is 1.58 bits per heavy atom. The number of amides is 2. The van der Waals surface area contributed by atoms with Gasteiger partial charge in [0.2, 0.25) is 0 Å². The number of ether oxygens (including phenoxy) is 4. The smallest absolute Gasteiger partial charge is 0.262 e. The monoisotopic (exact) mass is 610 g/mol. The van der Waals surface area contributed by atoms with E-state index in [9.17, 15) is 9.59 Å². The number of nitrogens with one attached hydrogen (secondary N) is 2. The quantitative estimate of drug-likeness (QED) is 0.108. The molecular weight excluding hydrogens is 568 g/mol. The molecule has 0 aromatic heterocycles. The number of hydrogen-bond donors (Lipinski definition) is 2. The summed E-state index contributed by atoms with van der Waals surface area (Å²) in [6, 6.07) is 21.1. The molecule has 2 amide bonds. The molecule has 0 bridgehead atoms. The normalized spacial score (nSPS) is 11.3. The zero-order chi connectivity index (χ0) is 33.2. The largest absolute Gasteiger partial charge is 0.497 e. The van der Waals surface area contributed by atoms with Gasteiger partial charge in [-0.2, -0.15) is 0 Å². The molecule has 0 saturated carbocycles. The minimum absolute atomic E-state index is 0.142. The third-order valence-electron chi connectivity index (χ3n) is 6.15. The van der Waals surface area contributed by atoms with Crippen molar-refractivity contribution in [2.45, 2.75) is 27.7 Å². The summed E-state index contributed by atoms with van der Waals surface area (Å²) in [5, 5.41) is 5.68. The van der Waals surface area contributed by atoms with E-state index in [0.717, 1.165) is 0 Å². The van der Waals surface area contributed by atoms with E-state index in [0.29, 0.717) is 45.5 Å². The molecule has 0 fully saturated rings. The molecule has 2 N–H and O–H groups in total. The molecule has 0 spiro atoms. The summed E-state index contributed by atoms with van der Waals surface area (Å²) in [5.74, 6) is 1.50. The Hall–Kier alpha value is -5.50. The highest BCUT2D eigenvalue weighted by atomic mass is 16.5. The second-order valence-electron chi connectivity index (χ2n) is 9.07. The molecule has 8 nitrogen and oxygen atoms in total. The molecule has 0 aliphatic carbocycles. The first-order chi connectivity index (χ1) is 21.8. The molecule has 3 aromatic rings. The van der Waals surface area contributed by atoms with E-state index < -0.39 is 5.91 Å². The third-order valence-corrected chi connectivity index (χ3v) is 6.15. The number of benzene rings is 3. The van der Waals surface area contributed by atoms with Crippen LogP contribution >= 0.6 is 0 Å². The van der Waals surface area contributed by atoms with Crippen LogP contribution in [0.1, 0.15) is 33.3 Å². The molecule has 0 atom stereocenters. The molecule has 0 aliphatic rings. The lowest BCUT2D eigenvalue weighted by atomic mass is 10.1. The van der Waals surface area contributed by atoms with Crippen molar-refractivity contribution < 1.29 is 28.5 Å². The molecular formula is C37H42N2O6. The first-order valence-corrected chi connectivity index (χ1v) is 14.4. The highest BCUT2D eigenvalue weighted by Crippen LogP contribution is 2.31. The van der Waals surface area contributed by atoms with Crippen LogP contribution in [0, 0.1) is 0 Å². The fraction of sp³-hybridized carbons (Fsp3) is 0.189.